The zero-order valence-corrected chi connectivity index (χ0v) is 14.8. The van der Waals surface area contributed by atoms with Crippen LogP contribution in [0.1, 0.15) is 18.1 Å². The van der Waals surface area contributed by atoms with Gasteiger partial charge in [-0.05, 0) is 36.6 Å². The smallest absolute Gasteiger partial charge is 0.322 e. The van der Waals surface area contributed by atoms with Crippen LogP contribution in [0.25, 0.3) is 0 Å². The molecule has 1 atom stereocenters. The highest BCUT2D eigenvalue weighted by atomic mass is 79.9. The fourth-order valence-electron chi connectivity index (χ4n) is 2.87. The molecular weight excluding hydrogens is 386 g/mol. The molecule has 23 heavy (non-hydrogen) atoms. The Morgan fingerprint density at radius 3 is 2.70 bits per heavy atom. The molecule has 2 aliphatic heterocycles. The van der Waals surface area contributed by atoms with Crippen LogP contribution in [0.4, 0.5) is 4.79 Å². The van der Waals surface area contributed by atoms with E-state index in [0.717, 1.165) is 15.6 Å². The standard InChI is InChI=1S/C14H16BrN3O4S/c1-14(12(19)16-13(20)17-14)8-23(21,22)18-5-4-9-6-11(15)3-2-10(9)7-18/h2-3,6H,4-5,7-8H2,1H3,(H2,16,17,19,20)/t14-/m1/s1. The summed E-state index contributed by atoms with van der Waals surface area (Å²) in [7, 11) is -3.69. The van der Waals surface area contributed by atoms with Crippen LogP contribution in [0.5, 0.6) is 0 Å². The maximum Gasteiger partial charge on any atom is 0.322 e. The average molecular weight is 402 g/mol. The Labute approximate surface area is 142 Å². The quantitative estimate of drug-likeness (QED) is 0.729. The molecule has 3 amide bonds. The SMILES string of the molecule is C[C@]1(CS(=O)(=O)N2CCc3cc(Br)ccc3C2)NC(=O)NC1=O. The van der Waals surface area contributed by atoms with Crippen LogP contribution in [-0.4, -0.2) is 42.5 Å². The van der Waals surface area contributed by atoms with E-state index >= 15 is 0 Å². The first-order valence-electron chi connectivity index (χ1n) is 7.08. The number of imide groups is 1. The lowest BCUT2D eigenvalue weighted by Gasteiger charge is -2.31. The van der Waals surface area contributed by atoms with Gasteiger partial charge in [-0.15, -0.1) is 0 Å². The van der Waals surface area contributed by atoms with Crippen molar-refractivity contribution < 1.29 is 18.0 Å². The molecule has 2 aliphatic rings. The van der Waals surface area contributed by atoms with Gasteiger partial charge in [0.25, 0.3) is 5.91 Å². The number of hydrogen-bond acceptors (Lipinski definition) is 4. The van der Waals surface area contributed by atoms with Crippen molar-refractivity contribution in [3.05, 3.63) is 33.8 Å². The fraction of sp³-hybridized carbons (Fsp3) is 0.429. The van der Waals surface area contributed by atoms with Crippen molar-refractivity contribution in [1.29, 1.82) is 0 Å². The van der Waals surface area contributed by atoms with Crippen LogP contribution < -0.4 is 10.6 Å². The molecular formula is C14H16BrN3O4S. The molecule has 124 valence electrons. The van der Waals surface area contributed by atoms with E-state index in [1.165, 1.54) is 11.2 Å². The van der Waals surface area contributed by atoms with E-state index in [-0.39, 0.29) is 6.54 Å². The summed E-state index contributed by atoms with van der Waals surface area (Å²) in [5.74, 6) is -1.07. The summed E-state index contributed by atoms with van der Waals surface area (Å²) >= 11 is 3.41. The highest BCUT2D eigenvalue weighted by Gasteiger charge is 2.46. The highest BCUT2D eigenvalue weighted by Crippen LogP contribution is 2.26. The molecule has 3 rings (SSSR count). The molecule has 1 saturated heterocycles. The number of rotatable bonds is 3. The van der Waals surface area contributed by atoms with Gasteiger partial charge in [0.2, 0.25) is 10.0 Å². The van der Waals surface area contributed by atoms with Gasteiger partial charge in [0.1, 0.15) is 5.54 Å². The second-order valence-corrected chi connectivity index (χ2v) is 8.88. The maximum atomic E-state index is 12.7. The number of carbonyl (C=O) groups is 2. The zero-order chi connectivity index (χ0) is 16.8. The van der Waals surface area contributed by atoms with E-state index in [1.54, 1.807) is 0 Å². The molecule has 0 spiro atoms. The molecule has 7 nitrogen and oxygen atoms in total. The van der Waals surface area contributed by atoms with Crippen LogP contribution in [0.2, 0.25) is 0 Å². The van der Waals surface area contributed by atoms with Gasteiger partial charge in [0, 0.05) is 17.6 Å². The summed E-state index contributed by atoms with van der Waals surface area (Å²) in [6.07, 6.45) is 0.614. The normalized spacial score (nSPS) is 25.0. The minimum absolute atomic E-state index is 0.274. The second-order valence-electron chi connectivity index (χ2n) is 5.99. The number of hydrogen-bond donors (Lipinski definition) is 2. The number of fused-ring (bicyclic) bond motifs is 1. The van der Waals surface area contributed by atoms with Crippen molar-refractivity contribution in [2.24, 2.45) is 0 Å². The number of halogens is 1. The number of sulfonamides is 1. The molecule has 1 aromatic rings. The van der Waals surface area contributed by atoms with Gasteiger partial charge in [-0.25, -0.2) is 13.2 Å². The molecule has 9 heteroatoms. The summed E-state index contributed by atoms with van der Waals surface area (Å²) < 4.78 is 27.7. The molecule has 2 N–H and O–H groups in total. The Balaban J connectivity index is 1.80. The first-order chi connectivity index (χ1) is 10.7. The monoisotopic (exact) mass is 401 g/mol. The van der Waals surface area contributed by atoms with Gasteiger partial charge in [-0.2, -0.15) is 4.31 Å². The van der Waals surface area contributed by atoms with Crippen molar-refractivity contribution >= 4 is 37.9 Å². The number of urea groups is 1. The predicted molar refractivity (Wildman–Crippen MR) is 87.1 cm³/mol. The number of nitrogens with zero attached hydrogens (tertiary/aromatic N) is 1. The number of benzene rings is 1. The van der Waals surface area contributed by atoms with Crippen LogP contribution in [0, 0.1) is 0 Å². The summed E-state index contributed by atoms with van der Waals surface area (Å²) in [6.45, 7) is 2.05. The molecule has 2 heterocycles. The summed E-state index contributed by atoms with van der Waals surface area (Å²) in [5, 5.41) is 4.47. The van der Waals surface area contributed by atoms with Gasteiger partial charge in [-0.1, -0.05) is 22.0 Å². The van der Waals surface area contributed by atoms with Gasteiger partial charge in [0.15, 0.2) is 0 Å². The van der Waals surface area contributed by atoms with E-state index in [2.05, 4.69) is 26.6 Å². The topological polar surface area (TPSA) is 95.6 Å². The van der Waals surface area contributed by atoms with Gasteiger partial charge < -0.3 is 5.32 Å². The van der Waals surface area contributed by atoms with Crippen LogP contribution in [-0.2, 0) is 27.8 Å². The van der Waals surface area contributed by atoms with E-state index in [9.17, 15) is 18.0 Å². The number of amides is 3. The lowest BCUT2D eigenvalue weighted by Crippen LogP contribution is -2.53. The number of carbonyl (C=O) groups excluding carboxylic acids is 2. The van der Waals surface area contributed by atoms with Crippen molar-refractivity contribution in [3.63, 3.8) is 0 Å². The summed E-state index contributed by atoms with van der Waals surface area (Å²) in [4.78, 5) is 23.1. The average Bonchev–Trinajstić information content (AvgIpc) is 2.69. The molecule has 0 saturated carbocycles. The molecule has 0 aromatic heterocycles. The fourth-order valence-corrected chi connectivity index (χ4v) is 5.10. The zero-order valence-electron chi connectivity index (χ0n) is 12.4. The van der Waals surface area contributed by atoms with Crippen molar-refractivity contribution in [2.75, 3.05) is 12.3 Å². The molecule has 1 fully saturated rings. The Morgan fingerprint density at radius 1 is 1.30 bits per heavy atom. The van der Waals surface area contributed by atoms with Crippen molar-refractivity contribution in [2.45, 2.75) is 25.4 Å². The third-order valence-electron chi connectivity index (χ3n) is 4.13. The van der Waals surface area contributed by atoms with Gasteiger partial charge in [-0.3, -0.25) is 10.1 Å². The van der Waals surface area contributed by atoms with E-state index < -0.39 is 33.3 Å². The summed E-state index contributed by atoms with van der Waals surface area (Å²) in [6, 6.07) is 5.10. The minimum Gasteiger partial charge on any atom is -0.322 e. The lowest BCUT2D eigenvalue weighted by atomic mass is 10.0. The Hall–Kier alpha value is -1.45. The van der Waals surface area contributed by atoms with Crippen molar-refractivity contribution in [3.8, 4) is 0 Å². The van der Waals surface area contributed by atoms with E-state index in [4.69, 9.17) is 0 Å². The molecule has 0 unspecified atom stereocenters. The van der Waals surface area contributed by atoms with Crippen LogP contribution in [0.15, 0.2) is 22.7 Å². The van der Waals surface area contributed by atoms with Crippen molar-refractivity contribution in [1.82, 2.24) is 14.9 Å². The maximum absolute atomic E-state index is 12.7. The molecule has 0 bridgehead atoms. The first kappa shape index (κ1) is 16.4. The first-order valence-corrected chi connectivity index (χ1v) is 9.49. The largest absolute Gasteiger partial charge is 0.322 e. The van der Waals surface area contributed by atoms with E-state index in [0.29, 0.717) is 13.0 Å². The third-order valence-corrected chi connectivity index (χ3v) is 6.66. The number of nitrogens with one attached hydrogen (secondary N) is 2. The van der Waals surface area contributed by atoms with Gasteiger partial charge >= 0.3 is 6.03 Å². The lowest BCUT2D eigenvalue weighted by molar-refractivity contribution is -0.122. The molecule has 0 aliphatic carbocycles. The highest BCUT2D eigenvalue weighted by molar-refractivity contribution is 9.10. The Bertz CT molecular complexity index is 795. The van der Waals surface area contributed by atoms with Crippen LogP contribution >= 0.6 is 15.9 Å². The minimum atomic E-state index is -3.69. The second kappa shape index (κ2) is 5.57. The summed E-state index contributed by atoms with van der Waals surface area (Å²) in [5.41, 5.74) is 0.632. The van der Waals surface area contributed by atoms with Gasteiger partial charge in [0.05, 0.1) is 5.75 Å². The van der Waals surface area contributed by atoms with E-state index in [1.807, 2.05) is 18.2 Å². The third kappa shape index (κ3) is 3.13. The Morgan fingerprint density at radius 2 is 2.04 bits per heavy atom. The Kier molecular flexibility index (Phi) is 3.97. The molecule has 0 radical (unpaired) electrons. The van der Waals surface area contributed by atoms with Crippen LogP contribution in [0.3, 0.4) is 0 Å². The molecule has 1 aromatic carbocycles. The predicted octanol–water partition coefficient (Wildman–Crippen LogP) is 0.735.